The first kappa shape index (κ1) is 25.6. The summed E-state index contributed by atoms with van der Waals surface area (Å²) in [6.45, 7) is 7.92. The molecule has 2 heterocycles. The Labute approximate surface area is 215 Å². The fourth-order valence-corrected chi connectivity index (χ4v) is 4.55. The standard InChI is InChI=1S/C27H36N4O.HI/c1-2-28-27(31-18-14-25(15-19-31)24-6-4-3-5-7-24)29-20-22-8-10-26(11-9-22)30-16-12-23(21-32)13-17-30;/h3-11,14,23,32H,2,12-13,15-21H2,1H3,(H,28,29);1H. The first-order chi connectivity index (χ1) is 15.8. The van der Waals surface area contributed by atoms with Crippen LogP contribution in [0.5, 0.6) is 0 Å². The first-order valence-corrected chi connectivity index (χ1v) is 12.0. The highest BCUT2D eigenvalue weighted by molar-refractivity contribution is 14.0. The van der Waals surface area contributed by atoms with Crippen molar-refractivity contribution in [2.75, 3.05) is 44.2 Å². The van der Waals surface area contributed by atoms with Crippen molar-refractivity contribution in [2.24, 2.45) is 10.9 Å². The average Bonchev–Trinajstić information content (AvgIpc) is 2.87. The number of hydrogen-bond acceptors (Lipinski definition) is 3. The molecule has 2 aromatic rings. The zero-order valence-corrected chi connectivity index (χ0v) is 21.9. The molecule has 0 radical (unpaired) electrons. The number of rotatable bonds is 6. The van der Waals surface area contributed by atoms with Crippen LogP contribution in [-0.2, 0) is 6.54 Å². The fraction of sp³-hybridized carbons (Fsp3) is 0.444. The van der Waals surface area contributed by atoms with E-state index in [0.29, 0.717) is 19.1 Å². The number of aliphatic hydroxyl groups excluding tert-OH is 1. The predicted octanol–water partition coefficient (Wildman–Crippen LogP) is 4.77. The Morgan fingerprint density at radius 2 is 1.76 bits per heavy atom. The van der Waals surface area contributed by atoms with Gasteiger partial charge in [-0.2, -0.15) is 0 Å². The average molecular weight is 561 g/mol. The Balaban J connectivity index is 0.00000306. The van der Waals surface area contributed by atoms with E-state index in [1.54, 1.807) is 0 Å². The van der Waals surface area contributed by atoms with Gasteiger partial charge in [0.25, 0.3) is 0 Å². The smallest absolute Gasteiger partial charge is 0.194 e. The number of nitrogens with zero attached hydrogens (tertiary/aromatic N) is 3. The van der Waals surface area contributed by atoms with E-state index in [-0.39, 0.29) is 24.0 Å². The largest absolute Gasteiger partial charge is 0.396 e. The second-order valence-electron chi connectivity index (χ2n) is 8.74. The molecule has 1 fully saturated rings. The molecule has 2 aromatic carbocycles. The highest BCUT2D eigenvalue weighted by atomic mass is 127. The van der Waals surface area contributed by atoms with Gasteiger partial charge in [-0.1, -0.05) is 48.5 Å². The maximum Gasteiger partial charge on any atom is 0.194 e. The summed E-state index contributed by atoms with van der Waals surface area (Å²) in [4.78, 5) is 9.70. The lowest BCUT2D eigenvalue weighted by atomic mass is 9.97. The minimum atomic E-state index is 0. The maximum atomic E-state index is 9.34. The van der Waals surface area contributed by atoms with Crippen LogP contribution < -0.4 is 10.2 Å². The Morgan fingerprint density at radius 1 is 1.03 bits per heavy atom. The number of piperidine rings is 1. The fourth-order valence-electron chi connectivity index (χ4n) is 4.55. The monoisotopic (exact) mass is 560 g/mol. The molecule has 0 saturated carbocycles. The number of nitrogens with one attached hydrogen (secondary N) is 1. The van der Waals surface area contributed by atoms with Crippen LogP contribution in [0.1, 0.15) is 37.3 Å². The van der Waals surface area contributed by atoms with Crippen molar-refractivity contribution in [3.63, 3.8) is 0 Å². The summed E-state index contributed by atoms with van der Waals surface area (Å²) < 4.78 is 0. The third kappa shape index (κ3) is 6.96. The lowest BCUT2D eigenvalue weighted by molar-refractivity contribution is 0.203. The highest BCUT2D eigenvalue weighted by Crippen LogP contribution is 2.24. The zero-order valence-electron chi connectivity index (χ0n) is 19.6. The molecular formula is C27H37IN4O. The van der Waals surface area contributed by atoms with E-state index >= 15 is 0 Å². The van der Waals surface area contributed by atoms with Crippen LogP contribution in [0, 0.1) is 5.92 Å². The van der Waals surface area contributed by atoms with E-state index in [0.717, 1.165) is 57.9 Å². The lowest BCUT2D eigenvalue weighted by Crippen LogP contribution is -2.43. The quantitative estimate of drug-likeness (QED) is 0.304. The van der Waals surface area contributed by atoms with Gasteiger partial charge in [0.05, 0.1) is 6.54 Å². The van der Waals surface area contributed by atoms with Crippen LogP contribution in [0.2, 0.25) is 0 Å². The van der Waals surface area contributed by atoms with Crippen LogP contribution in [0.25, 0.3) is 5.57 Å². The molecule has 2 aliphatic heterocycles. The van der Waals surface area contributed by atoms with Crippen molar-refractivity contribution >= 4 is 41.2 Å². The first-order valence-electron chi connectivity index (χ1n) is 12.0. The summed E-state index contributed by atoms with van der Waals surface area (Å²) >= 11 is 0. The second-order valence-corrected chi connectivity index (χ2v) is 8.74. The molecule has 0 bridgehead atoms. The molecule has 0 aromatic heterocycles. The number of benzene rings is 2. The Hall–Kier alpha value is -2.06. The van der Waals surface area contributed by atoms with Crippen molar-refractivity contribution in [3.8, 4) is 0 Å². The van der Waals surface area contributed by atoms with Crippen LogP contribution in [0.15, 0.2) is 65.7 Å². The van der Waals surface area contributed by atoms with Gasteiger partial charge in [-0.25, -0.2) is 4.99 Å². The summed E-state index contributed by atoms with van der Waals surface area (Å²) in [6.07, 6.45) is 5.52. The van der Waals surface area contributed by atoms with Crippen molar-refractivity contribution < 1.29 is 5.11 Å². The topological polar surface area (TPSA) is 51.1 Å². The van der Waals surface area contributed by atoms with Crippen LogP contribution in [0.3, 0.4) is 0 Å². The number of halogens is 1. The third-order valence-corrected chi connectivity index (χ3v) is 6.57. The predicted molar refractivity (Wildman–Crippen MR) is 149 cm³/mol. The van der Waals surface area contributed by atoms with Crippen LogP contribution in [0.4, 0.5) is 5.69 Å². The van der Waals surface area contributed by atoms with E-state index in [1.807, 2.05) is 0 Å². The van der Waals surface area contributed by atoms with Crippen molar-refractivity contribution in [3.05, 3.63) is 71.8 Å². The van der Waals surface area contributed by atoms with E-state index in [9.17, 15) is 5.11 Å². The van der Waals surface area contributed by atoms with Gasteiger partial charge in [-0.3, -0.25) is 0 Å². The molecule has 2 N–H and O–H groups in total. The van der Waals surface area contributed by atoms with Crippen LogP contribution >= 0.6 is 24.0 Å². The highest BCUT2D eigenvalue weighted by Gasteiger charge is 2.19. The van der Waals surface area contributed by atoms with Gasteiger partial charge in [-0.05, 0) is 60.9 Å². The molecule has 0 unspecified atom stereocenters. The van der Waals surface area contributed by atoms with Crippen molar-refractivity contribution in [1.29, 1.82) is 0 Å². The number of anilines is 1. The zero-order chi connectivity index (χ0) is 22.2. The van der Waals surface area contributed by atoms with Crippen molar-refractivity contribution in [1.82, 2.24) is 10.2 Å². The third-order valence-electron chi connectivity index (χ3n) is 6.57. The van der Waals surface area contributed by atoms with Gasteiger partial charge in [0, 0.05) is 45.0 Å². The van der Waals surface area contributed by atoms with Gasteiger partial charge >= 0.3 is 0 Å². The molecule has 5 nitrogen and oxygen atoms in total. The molecule has 0 aliphatic carbocycles. The second kappa shape index (κ2) is 13.0. The molecule has 0 atom stereocenters. The Morgan fingerprint density at radius 3 is 2.36 bits per heavy atom. The molecule has 178 valence electrons. The van der Waals surface area contributed by atoms with Gasteiger partial charge in [-0.15, -0.1) is 24.0 Å². The van der Waals surface area contributed by atoms with Crippen LogP contribution in [-0.4, -0.2) is 55.3 Å². The summed E-state index contributed by atoms with van der Waals surface area (Å²) in [6, 6.07) is 19.5. The van der Waals surface area contributed by atoms with E-state index in [4.69, 9.17) is 4.99 Å². The van der Waals surface area contributed by atoms with Gasteiger partial charge < -0.3 is 20.2 Å². The van der Waals surface area contributed by atoms with Crippen molar-refractivity contribution in [2.45, 2.75) is 32.7 Å². The normalized spacial score (nSPS) is 17.4. The number of hydrogen-bond donors (Lipinski definition) is 2. The lowest BCUT2D eigenvalue weighted by Gasteiger charge is -2.33. The van der Waals surface area contributed by atoms with Gasteiger partial charge in [0.1, 0.15) is 0 Å². The SMILES string of the molecule is CCNC(=NCc1ccc(N2CCC(CO)CC2)cc1)N1CC=C(c2ccccc2)CC1.I. The molecule has 0 spiro atoms. The summed E-state index contributed by atoms with van der Waals surface area (Å²) in [7, 11) is 0. The molecule has 2 aliphatic rings. The molecule has 6 heteroatoms. The number of guanidine groups is 1. The number of aliphatic imine (C=N–C) groups is 1. The minimum absolute atomic E-state index is 0. The van der Waals surface area contributed by atoms with E-state index in [2.05, 4.69) is 82.7 Å². The summed E-state index contributed by atoms with van der Waals surface area (Å²) in [5.74, 6) is 1.46. The Bertz CT molecular complexity index is 905. The molecule has 0 amide bonds. The molecule has 1 saturated heterocycles. The summed E-state index contributed by atoms with van der Waals surface area (Å²) in [5, 5.41) is 12.8. The summed E-state index contributed by atoms with van der Waals surface area (Å²) in [5.41, 5.74) is 5.26. The Kier molecular flexibility index (Phi) is 10.1. The van der Waals surface area contributed by atoms with E-state index < -0.39 is 0 Å². The molecular weight excluding hydrogens is 523 g/mol. The van der Waals surface area contributed by atoms with Gasteiger partial charge in [0.2, 0.25) is 0 Å². The maximum absolute atomic E-state index is 9.34. The molecule has 4 rings (SSSR count). The minimum Gasteiger partial charge on any atom is -0.396 e. The van der Waals surface area contributed by atoms with Gasteiger partial charge in [0.15, 0.2) is 5.96 Å². The molecule has 33 heavy (non-hydrogen) atoms. The number of aliphatic hydroxyl groups is 1. The van der Waals surface area contributed by atoms with E-state index in [1.165, 1.54) is 22.4 Å².